The van der Waals surface area contributed by atoms with Crippen molar-refractivity contribution in [2.24, 2.45) is 0 Å². The fourth-order valence-corrected chi connectivity index (χ4v) is 3.77. The van der Waals surface area contributed by atoms with Crippen LogP contribution in [0.15, 0.2) is 67.3 Å². The lowest BCUT2D eigenvalue weighted by Crippen LogP contribution is -2.30. The highest BCUT2D eigenvalue weighted by molar-refractivity contribution is 7.90. The van der Waals surface area contributed by atoms with Crippen molar-refractivity contribution in [2.45, 2.75) is 6.54 Å². The molecule has 2 N–H and O–H groups in total. The minimum Gasteiger partial charge on any atom is -0.493 e. The van der Waals surface area contributed by atoms with Crippen molar-refractivity contribution in [2.75, 3.05) is 11.8 Å². The van der Waals surface area contributed by atoms with Crippen LogP contribution >= 0.6 is 11.6 Å². The van der Waals surface area contributed by atoms with Gasteiger partial charge in [-0.2, -0.15) is 13.1 Å². The Morgan fingerprint density at radius 3 is 2.47 bits per heavy atom. The molecule has 0 aliphatic heterocycles. The molecule has 0 unspecified atom stereocenters. The average molecular weight is 500 g/mol. The molecule has 3 heterocycles. The number of pyridine rings is 1. The van der Waals surface area contributed by atoms with E-state index in [9.17, 15) is 8.42 Å². The first kappa shape index (κ1) is 23.3. The third kappa shape index (κ3) is 5.73. The first-order valence-electron chi connectivity index (χ1n) is 9.77. The zero-order valence-corrected chi connectivity index (χ0v) is 19.3. The number of methoxy groups -OCH3 is 1. The predicted octanol–water partition coefficient (Wildman–Crippen LogP) is 3.23. The second-order valence-electron chi connectivity index (χ2n) is 6.61. The van der Waals surface area contributed by atoms with Crippen LogP contribution in [-0.4, -0.2) is 40.4 Å². The van der Waals surface area contributed by atoms with E-state index in [1.54, 1.807) is 48.7 Å². The molecular formula is C21H18ClN7O4S. The number of ether oxygens (including phenoxy) is 2. The number of hydrogen-bond acceptors (Lipinski definition) is 9. The second kappa shape index (κ2) is 10.4. The quantitative estimate of drug-likeness (QED) is 0.332. The van der Waals surface area contributed by atoms with E-state index in [0.29, 0.717) is 11.4 Å². The van der Waals surface area contributed by atoms with Gasteiger partial charge in [-0.05, 0) is 24.3 Å². The van der Waals surface area contributed by atoms with Gasteiger partial charge in [-0.15, -0.1) is 0 Å². The van der Waals surface area contributed by atoms with E-state index in [1.165, 1.54) is 25.7 Å². The van der Waals surface area contributed by atoms with Crippen molar-refractivity contribution in [3.8, 4) is 28.8 Å². The summed E-state index contributed by atoms with van der Waals surface area (Å²) in [5.41, 5.74) is 0.814. The Morgan fingerprint density at radius 2 is 1.76 bits per heavy atom. The molecule has 0 saturated carbocycles. The summed E-state index contributed by atoms with van der Waals surface area (Å²) in [5, 5.41) is -0.149. The van der Waals surface area contributed by atoms with Crippen molar-refractivity contribution < 1.29 is 17.9 Å². The molecule has 0 aliphatic carbocycles. The van der Waals surface area contributed by atoms with Crippen molar-refractivity contribution in [3.05, 3.63) is 78.1 Å². The molecular weight excluding hydrogens is 482 g/mol. The molecule has 0 spiro atoms. The summed E-state index contributed by atoms with van der Waals surface area (Å²) in [6, 6.07) is 12.0. The largest absolute Gasteiger partial charge is 0.493 e. The van der Waals surface area contributed by atoms with Crippen molar-refractivity contribution in [3.63, 3.8) is 0 Å². The molecule has 0 aliphatic rings. The van der Waals surface area contributed by atoms with Gasteiger partial charge in [0.15, 0.2) is 28.3 Å². The summed E-state index contributed by atoms with van der Waals surface area (Å²) in [4.78, 5) is 20.7. The molecule has 1 aromatic carbocycles. The third-order valence-electron chi connectivity index (χ3n) is 4.30. The van der Waals surface area contributed by atoms with Crippen LogP contribution in [0, 0.1) is 0 Å². The molecule has 0 bridgehead atoms. The van der Waals surface area contributed by atoms with Crippen LogP contribution in [-0.2, 0) is 16.8 Å². The molecule has 0 amide bonds. The summed E-state index contributed by atoms with van der Waals surface area (Å²) in [7, 11) is -2.64. The highest BCUT2D eigenvalue weighted by atomic mass is 35.5. The average Bonchev–Trinajstić information content (AvgIpc) is 2.86. The molecule has 0 atom stereocenters. The maximum absolute atomic E-state index is 12.8. The van der Waals surface area contributed by atoms with Crippen LogP contribution in [0.4, 0.5) is 5.82 Å². The maximum atomic E-state index is 12.8. The van der Waals surface area contributed by atoms with Gasteiger partial charge in [0.05, 0.1) is 25.5 Å². The van der Waals surface area contributed by atoms with Crippen molar-refractivity contribution in [1.29, 1.82) is 0 Å². The Hall–Kier alpha value is -3.87. The molecule has 0 fully saturated rings. The number of aromatic nitrogens is 5. The van der Waals surface area contributed by atoms with Gasteiger partial charge in [-0.1, -0.05) is 29.8 Å². The molecule has 3 aromatic heterocycles. The molecule has 4 aromatic rings. The Labute approximate surface area is 200 Å². The van der Waals surface area contributed by atoms with Crippen LogP contribution in [0.5, 0.6) is 17.2 Å². The molecule has 13 heteroatoms. The summed E-state index contributed by atoms with van der Waals surface area (Å²) < 4.78 is 41.5. The zero-order chi connectivity index (χ0) is 24.0. The highest BCUT2D eigenvalue weighted by Crippen LogP contribution is 2.39. The first-order valence-corrected chi connectivity index (χ1v) is 11.6. The van der Waals surface area contributed by atoms with Gasteiger partial charge in [0.2, 0.25) is 5.75 Å². The minimum absolute atomic E-state index is 0.0469. The predicted molar refractivity (Wildman–Crippen MR) is 125 cm³/mol. The van der Waals surface area contributed by atoms with Gasteiger partial charge in [-0.25, -0.2) is 15.0 Å². The Kier molecular flexibility index (Phi) is 7.11. The minimum atomic E-state index is -4.12. The molecule has 174 valence electrons. The number of hydrogen-bond donors (Lipinski definition) is 2. The number of para-hydroxylation sites is 2. The first-order chi connectivity index (χ1) is 16.4. The Bertz CT molecular complexity index is 1380. The van der Waals surface area contributed by atoms with E-state index in [-0.39, 0.29) is 40.5 Å². The number of benzene rings is 1. The maximum Gasteiger partial charge on any atom is 0.300 e. The van der Waals surface area contributed by atoms with Crippen LogP contribution < -0.4 is 18.9 Å². The lowest BCUT2D eigenvalue weighted by Gasteiger charge is -2.16. The smallest absolute Gasteiger partial charge is 0.300 e. The molecule has 11 nitrogen and oxygen atoms in total. The summed E-state index contributed by atoms with van der Waals surface area (Å²) in [6.07, 6.45) is 5.91. The molecule has 34 heavy (non-hydrogen) atoms. The van der Waals surface area contributed by atoms with Gasteiger partial charge in [0.1, 0.15) is 5.69 Å². The normalized spacial score (nSPS) is 11.1. The van der Waals surface area contributed by atoms with Crippen LogP contribution in [0.25, 0.3) is 11.5 Å². The van der Waals surface area contributed by atoms with E-state index in [0.717, 1.165) is 0 Å². The number of halogens is 1. The monoisotopic (exact) mass is 499 g/mol. The van der Waals surface area contributed by atoms with E-state index in [4.69, 9.17) is 21.1 Å². The fraction of sp³-hybridized carbons (Fsp3) is 0.0952. The van der Waals surface area contributed by atoms with Crippen LogP contribution in [0.1, 0.15) is 5.69 Å². The number of nitrogens with zero attached hydrogens (tertiary/aromatic N) is 5. The van der Waals surface area contributed by atoms with Gasteiger partial charge in [0.25, 0.3) is 0 Å². The second-order valence-corrected chi connectivity index (χ2v) is 8.46. The molecule has 0 radical (unpaired) electrons. The molecule has 4 rings (SSSR count). The summed E-state index contributed by atoms with van der Waals surface area (Å²) >= 11 is 6.40. The van der Waals surface area contributed by atoms with Gasteiger partial charge < -0.3 is 9.47 Å². The van der Waals surface area contributed by atoms with E-state index < -0.39 is 10.2 Å². The number of nitrogens with one attached hydrogen (secondary N) is 2. The lowest BCUT2D eigenvalue weighted by atomic mass is 10.3. The number of anilines is 1. The standard InChI is InChI=1S/C21H18ClN7O4S/c1-32-16-7-2-3-8-17(16)33-18-19(22)27-20(15-13-23-10-11-25-15)28-21(18)29-34(30,31)26-12-14-6-4-5-9-24-14/h2-11,13,26H,12H2,1H3,(H,27,28,29). The SMILES string of the molecule is COc1ccccc1Oc1c(Cl)nc(-c2cnccn2)nc1NS(=O)(=O)NCc1ccccn1. The van der Waals surface area contributed by atoms with Crippen molar-refractivity contribution >= 4 is 27.6 Å². The number of rotatable bonds is 9. The Balaban J connectivity index is 1.70. The zero-order valence-electron chi connectivity index (χ0n) is 17.7. The molecule has 0 saturated heterocycles. The van der Waals surface area contributed by atoms with E-state index in [2.05, 4.69) is 34.4 Å². The van der Waals surface area contributed by atoms with Crippen LogP contribution in [0.2, 0.25) is 5.15 Å². The van der Waals surface area contributed by atoms with Gasteiger partial charge in [-0.3, -0.25) is 14.7 Å². The van der Waals surface area contributed by atoms with Crippen LogP contribution in [0.3, 0.4) is 0 Å². The van der Waals surface area contributed by atoms with Crippen molar-refractivity contribution in [1.82, 2.24) is 29.6 Å². The fourth-order valence-electron chi connectivity index (χ4n) is 2.76. The third-order valence-corrected chi connectivity index (χ3v) is 5.54. The lowest BCUT2D eigenvalue weighted by molar-refractivity contribution is 0.378. The van der Waals surface area contributed by atoms with Gasteiger partial charge >= 0.3 is 10.2 Å². The summed E-state index contributed by atoms with van der Waals surface area (Å²) in [5.74, 6) is 0.401. The van der Waals surface area contributed by atoms with E-state index in [1.807, 2.05) is 0 Å². The topological polar surface area (TPSA) is 141 Å². The van der Waals surface area contributed by atoms with Gasteiger partial charge in [0, 0.05) is 18.6 Å². The van der Waals surface area contributed by atoms with E-state index >= 15 is 0 Å². The summed E-state index contributed by atoms with van der Waals surface area (Å²) in [6.45, 7) is -0.0469. The highest BCUT2D eigenvalue weighted by Gasteiger charge is 2.22. The Morgan fingerprint density at radius 1 is 0.971 bits per heavy atom.